The number of nitrogens with zero attached hydrogens (tertiary/aromatic N) is 5. The highest BCUT2D eigenvalue weighted by Gasteiger charge is 2.47. The molecule has 3 aromatic rings. The Morgan fingerprint density at radius 3 is 2.43 bits per heavy atom. The van der Waals surface area contributed by atoms with E-state index < -0.39 is 16.1 Å². The molecule has 1 saturated heterocycles. The highest BCUT2D eigenvalue weighted by molar-refractivity contribution is 7.72. The third kappa shape index (κ3) is 5.43. The van der Waals surface area contributed by atoms with Crippen molar-refractivity contribution in [1.82, 2.24) is 19.7 Å². The Morgan fingerprint density at radius 2 is 1.80 bits per heavy atom. The molecule has 35 heavy (non-hydrogen) atoms. The van der Waals surface area contributed by atoms with Gasteiger partial charge in [0.05, 0.1) is 36.5 Å². The van der Waals surface area contributed by atoms with Crippen LogP contribution in [0.4, 0.5) is 22.0 Å². The number of rotatable bonds is 7. The quantitative estimate of drug-likeness (QED) is 0.423. The monoisotopic (exact) mass is 497 g/mol. The van der Waals surface area contributed by atoms with Gasteiger partial charge in [-0.2, -0.15) is 5.10 Å². The van der Waals surface area contributed by atoms with Gasteiger partial charge in [-0.3, -0.25) is 4.68 Å². The van der Waals surface area contributed by atoms with Crippen LogP contribution >= 0.6 is 0 Å². The van der Waals surface area contributed by atoms with E-state index in [1.807, 2.05) is 18.2 Å². The summed E-state index contributed by atoms with van der Waals surface area (Å²) < 4.78 is 30.1. The normalized spacial score (nSPS) is 16.8. The molecule has 1 aliphatic carbocycles. The first kappa shape index (κ1) is 23.2. The van der Waals surface area contributed by atoms with Crippen LogP contribution in [0, 0.1) is 0 Å². The van der Waals surface area contributed by atoms with Gasteiger partial charge in [-0.15, -0.1) is 0 Å². The van der Waals surface area contributed by atoms with E-state index in [2.05, 4.69) is 20.6 Å². The summed E-state index contributed by atoms with van der Waals surface area (Å²) in [7, 11) is -0.740. The number of anilines is 3. The van der Waals surface area contributed by atoms with Crippen molar-refractivity contribution in [3.8, 4) is 11.4 Å². The molecule has 0 radical (unpaired) electrons. The van der Waals surface area contributed by atoms with Gasteiger partial charge in [-0.1, -0.05) is 0 Å². The minimum atomic E-state index is -2.51. The first-order valence-electron chi connectivity index (χ1n) is 11.4. The summed E-state index contributed by atoms with van der Waals surface area (Å²) >= 11 is 0. The van der Waals surface area contributed by atoms with Crippen LogP contribution < -0.4 is 15.5 Å². The second-order valence-electron chi connectivity index (χ2n) is 8.86. The summed E-state index contributed by atoms with van der Waals surface area (Å²) in [6, 6.07) is 8.81. The number of hydrogen-bond donors (Lipinski definition) is 3. The number of nitrogens with one attached hydrogen (secondary N) is 2. The van der Waals surface area contributed by atoms with Crippen molar-refractivity contribution < 1.29 is 17.9 Å². The molecule has 0 unspecified atom stereocenters. The van der Waals surface area contributed by atoms with Crippen LogP contribution in [0.1, 0.15) is 18.5 Å². The summed E-state index contributed by atoms with van der Waals surface area (Å²) in [6.07, 6.45) is 4.86. The molecule has 2 aliphatic rings. The number of aryl methyl sites for hydroxylation is 1. The van der Waals surface area contributed by atoms with Crippen LogP contribution in [0.15, 0.2) is 42.7 Å². The van der Waals surface area contributed by atoms with Gasteiger partial charge in [0.25, 0.3) is 0 Å². The van der Waals surface area contributed by atoms with Gasteiger partial charge >= 0.3 is 6.03 Å². The number of amides is 2. The van der Waals surface area contributed by atoms with E-state index >= 15 is 0 Å². The Labute approximate surface area is 204 Å². The molecular formula is C23H27N7O4S. The minimum Gasteiger partial charge on any atom is -0.378 e. The van der Waals surface area contributed by atoms with Gasteiger partial charge in [-0.05, 0) is 37.1 Å². The van der Waals surface area contributed by atoms with Crippen molar-refractivity contribution in [2.24, 2.45) is 7.05 Å². The maximum atomic E-state index is 12.3. The van der Waals surface area contributed by atoms with Gasteiger partial charge in [0, 0.05) is 49.1 Å². The van der Waals surface area contributed by atoms with Crippen LogP contribution in [-0.4, -0.2) is 66.3 Å². The summed E-state index contributed by atoms with van der Waals surface area (Å²) in [5, 5.41) is 9.54. The first-order chi connectivity index (χ1) is 16.9. The fourth-order valence-corrected chi connectivity index (χ4v) is 5.14. The molecule has 1 saturated carbocycles. The van der Waals surface area contributed by atoms with Gasteiger partial charge in [0.15, 0.2) is 5.82 Å². The van der Waals surface area contributed by atoms with Crippen molar-refractivity contribution in [2.45, 2.75) is 18.3 Å². The second-order valence-corrected chi connectivity index (χ2v) is 9.85. The molecule has 11 nitrogen and oxygen atoms in total. The lowest BCUT2D eigenvalue weighted by Gasteiger charge is -2.29. The van der Waals surface area contributed by atoms with Crippen molar-refractivity contribution in [3.63, 3.8) is 0 Å². The molecule has 2 N–H and O–H groups in total. The lowest BCUT2D eigenvalue weighted by atomic mass is 10.0. The maximum Gasteiger partial charge on any atom is 0.323 e. The van der Waals surface area contributed by atoms with E-state index in [0.717, 1.165) is 29.9 Å². The summed E-state index contributed by atoms with van der Waals surface area (Å²) in [6.45, 7) is 2.67. The SMILES string of the molecule is Cn1cc(NC(=O)Nc2ccc(-c3nc(N4CCOCC4)cc(C4(C[SH](=O)=O)CC4)n3)cc2)cn1. The fourth-order valence-electron chi connectivity index (χ4n) is 4.16. The average Bonchev–Trinajstić information content (AvgIpc) is 3.52. The minimum absolute atomic E-state index is 0.0935. The Balaban J connectivity index is 1.39. The number of thiol groups is 1. The summed E-state index contributed by atoms with van der Waals surface area (Å²) in [5.74, 6) is 1.40. The van der Waals surface area contributed by atoms with E-state index in [1.165, 1.54) is 0 Å². The third-order valence-corrected chi connectivity index (χ3v) is 7.10. The summed E-state index contributed by atoms with van der Waals surface area (Å²) in [4.78, 5) is 24.0. The Morgan fingerprint density at radius 1 is 1.09 bits per heavy atom. The van der Waals surface area contributed by atoms with E-state index in [0.29, 0.717) is 43.5 Å². The van der Waals surface area contributed by atoms with E-state index in [-0.39, 0.29) is 11.8 Å². The molecule has 2 aromatic heterocycles. The molecule has 5 rings (SSSR count). The highest BCUT2D eigenvalue weighted by Crippen LogP contribution is 2.48. The smallest absolute Gasteiger partial charge is 0.323 e. The van der Waals surface area contributed by atoms with Crippen molar-refractivity contribution in [3.05, 3.63) is 48.4 Å². The number of urea groups is 1. The molecule has 3 heterocycles. The number of benzene rings is 1. The lowest BCUT2D eigenvalue weighted by Crippen LogP contribution is -2.37. The van der Waals surface area contributed by atoms with Crippen molar-refractivity contribution in [2.75, 3.05) is 47.6 Å². The van der Waals surface area contributed by atoms with Crippen molar-refractivity contribution >= 4 is 33.9 Å². The highest BCUT2D eigenvalue weighted by atomic mass is 32.2. The van der Waals surface area contributed by atoms with E-state index in [9.17, 15) is 13.2 Å². The van der Waals surface area contributed by atoms with Crippen molar-refractivity contribution in [1.29, 1.82) is 0 Å². The number of ether oxygens (including phenoxy) is 1. The van der Waals surface area contributed by atoms with Gasteiger partial charge < -0.3 is 20.3 Å². The van der Waals surface area contributed by atoms with E-state index in [1.54, 1.807) is 36.3 Å². The van der Waals surface area contributed by atoms with E-state index in [4.69, 9.17) is 14.7 Å². The molecule has 184 valence electrons. The second kappa shape index (κ2) is 9.62. The predicted molar refractivity (Wildman–Crippen MR) is 132 cm³/mol. The number of hydrogen-bond acceptors (Lipinski definition) is 8. The first-order valence-corrected chi connectivity index (χ1v) is 12.8. The zero-order valence-electron chi connectivity index (χ0n) is 19.3. The molecular weight excluding hydrogens is 470 g/mol. The number of carbonyl (C=O) groups excluding carboxylic acids is 1. The number of carbonyl (C=O) groups is 1. The fraction of sp³-hybridized carbons (Fsp3) is 0.391. The average molecular weight is 498 g/mol. The van der Waals surface area contributed by atoms with Gasteiger partial charge in [0.1, 0.15) is 16.5 Å². The molecule has 0 bridgehead atoms. The molecule has 0 spiro atoms. The molecule has 1 aliphatic heterocycles. The van der Waals surface area contributed by atoms with Crippen LogP contribution in [0.3, 0.4) is 0 Å². The maximum absolute atomic E-state index is 12.3. The predicted octanol–water partition coefficient (Wildman–Crippen LogP) is 2.00. The largest absolute Gasteiger partial charge is 0.378 e. The standard InChI is InChI=1S/C23H27N7O4S/c1-29-14-18(13-24-29)26-22(31)25-17-4-2-16(3-5-17)21-27-19(23(6-7-23)15-35(32)33)12-20(28-21)30-8-10-34-11-9-30/h2-5,12-14,35H,6-11,15H2,1H3,(H2,25,26,31). The Hall–Kier alpha value is -3.51. The zero-order chi connectivity index (χ0) is 24.4. The number of morpholine rings is 1. The topological polar surface area (TPSA) is 131 Å². The molecule has 12 heteroatoms. The summed E-state index contributed by atoms with van der Waals surface area (Å²) in [5.41, 5.74) is 2.32. The van der Waals surface area contributed by atoms with Crippen LogP contribution in [0.25, 0.3) is 11.4 Å². The van der Waals surface area contributed by atoms with Gasteiger partial charge in [-0.25, -0.2) is 23.2 Å². The molecule has 0 atom stereocenters. The molecule has 1 aromatic carbocycles. The van der Waals surface area contributed by atoms with Crippen LogP contribution in [0.5, 0.6) is 0 Å². The lowest BCUT2D eigenvalue weighted by molar-refractivity contribution is 0.122. The Bertz CT molecular complexity index is 1290. The van der Waals surface area contributed by atoms with Gasteiger partial charge in [0.2, 0.25) is 0 Å². The Kier molecular flexibility index (Phi) is 6.39. The molecule has 2 fully saturated rings. The zero-order valence-corrected chi connectivity index (χ0v) is 20.2. The number of aromatic nitrogens is 4. The van der Waals surface area contributed by atoms with Crippen LogP contribution in [0.2, 0.25) is 0 Å². The molecule has 2 amide bonds. The van der Waals surface area contributed by atoms with Crippen LogP contribution in [-0.2, 0) is 27.9 Å². The third-order valence-electron chi connectivity index (χ3n) is 6.24.